The van der Waals surface area contributed by atoms with Crippen LogP contribution in [0.4, 0.5) is 5.82 Å². The van der Waals surface area contributed by atoms with Gasteiger partial charge in [-0.25, -0.2) is 9.97 Å². The first kappa shape index (κ1) is 26.0. The molecule has 30 heavy (non-hydrogen) atoms. The lowest BCUT2D eigenvalue weighted by Gasteiger charge is -2.34. The van der Waals surface area contributed by atoms with Gasteiger partial charge in [0.1, 0.15) is 12.1 Å². The third-order valence-corrected chi connectivity index (χ3v) is 5.28. The molecule has 1 aliphatic rings. The monoisotopic (exact) mass is 459 g/mol. The van der Waals surface area contributed by atoms with Crippen LogP contribution in [0, 0.1) is 5.92 Å². The molecule has 1 fully saturated rings. The second-order valence-electron chi connectivity index (χ2n) is 7.46. The zero-order valence-corrected chi connectivity index (χ0v) is 19.4. The number of methoxy groups -OCH3 is 2. The van der Waals surface area contributed by atoms with Gasteiger partial charge in [-0.1, -0.05) is 13.8 Å². The summed E-state index contributed by atoms with van der Waals surface area (Å²) < 4.78 is 10.8. The van der Waals surface area contributed by atoms with Gasteiger partial charge in [-0.15, -0.1) is 24.8 Å². The number of rotatable bonds is 6. The number of carbonyl (C=O) groups is 1. The molecule has 3 N–H and O–H groups in total. The first-order valence-electron chi connectivity index (χ1n) is 9.62. The summed E-state index contributed by atoms with van der Waals surface area (Å²) in [5.41, 5.74) is 6.75. The molecule has 1 amide bonds. The number of ether oxygens (including phenoxy) is 2. The quantitative estimate of drug-likeness (QED) is 0.683. The number of nitrogens with two attached hydrogens (primary N) is 1. The van der Waals surface area contributed by atoms with Crippen molar-refractivity contribution in [1.29, 1.82) is 0 Å². The maximum Gasteiger partial charge on any atom is 0.237 e. The lowest BCUT2D eigenvalue weighted by Crippen LogP contribution is -2.51. The zero-order chi connectivity index (χ0) is 20.3. The second kappa shape index (κ2) is 11.4. The Labute approximate surface area is 189 Å². The maximum absolute atomic E-state index is 12.2. The molecule has 8 nitrogen and oxygen atoms in total. The number of halogens is 2. The number of carbonyl (C=O) groups excluding carboxylic acids is 1. The molecule has 10 heteroatoms. The summed E-state index contributed by atoms with van der Waals surface area (Å²) in [7, 11) is 3.22. The van der Waals surface area contributed by atoms with Gasteiger partial charge in [-0.3, -0.25) is 4.79 Å². The normalized spacial score (nSPS) is 15.2. The highest BCUT2D eigenvalue weighted by atomic mass is 35.5. The van der Waals surface area contributed by atoms with E-state index in [0.29, 0.717) is 11.5 Å². The van der Waals surface area contributed by atoms with Crippen LogP contribution in [0.25, 0.3) is 10.9 Å². The van der Waals surface area contributed by atoms with Gasteiger partial charge in [-0.2, -0.15) is 0 Å². The van der Waals surface area contributed by atoms with Crippen LogP contribution in [-0.2, 0) is 4.79 Å². The molecule has 168 valence electrons. The molecular weight excluding hydrogens is 429 g/mol. The molecule has 1 aliphatic heterocycles. The molecule has 1 saturated heterocycles. The third kappa shape index (κ3) is 5.56. The molecule has 0 spiro atoms. The number of aromatic nitrogens is 2. The number of fused-ring (bicyclic) bond motifs is 1. The molecule has 2 aromatic rings. The number of hydrogen-bond donors (Lipinski definition) is 2. The van der Waals surface area contributed by atoms with Gasteiger partial charge in [0.05, 0.1) is 25.8 Å². The SMILES string of the molecule is COc1cc2ncnc(N3CCC(NC(=O)[C@@H](N)C(C)C)CC3)c2cc1OC.Cl.Cl. The van der Waals surface area contributed by atoms with E-state index in [1.807, 2.05) is 26.0 Å². The first-order valence-corrected chi connectivity index (χ1v) is 9.62. The fourth-order valence-corrected chi connectivity index (χ4v) is 3.46. The van der Waals surface area contributed by atoms with Crippen LogP contribution in [0.1, 0.15) is 26.7 Å². The van der Waals surface area contributed by atoms with E-state index in [1.165, 1.54) is 0 Å². The highest BCUT2D eigenvalue weighted by molar-refractivity contribution is 5.92. The zero-order valence-electron chi connectivity index (χ0n) is 17.8. The van der Waals surface area contributed by atoms with E-state index in [1.54, 1.807) is 20.5 Å². The Hall–Kier alpha value is -2.03. The molecule has 2 heterocycles. The Bertz CT molecular complexity index is 845. The first-order chi connectivity index (χ1) is 13.4. The standard InChI is InChI=1S/C20H29N5O3.2ClH/c1-12(2)18(21)20(26)24-13-5-7-25(8-6-13)19-14-9-16(27-3)17(28-4)10-15(14)22-11-23-19;;/h9-13,18H,5-8,21H2,1-4H3,(H,24,26);2*1H/t18-;;/m0../s1. The molecule has 1 aromatic carbocycles. The smallest absolute Gasteiger partial charge is 0.237 e. The van der Waals surface area contributed by atoms with Crippen LogP contribution >= 0.6 is 24.8 Å². The number of amides is 1. The van der Waals surface area contributed by atoms with Crippen molar-refractivity contribution >= 4 is 47.4 Å². The lowest BCUT2D eigenvalue weighted by atomic mass is 10.0. The number of nitrogens with zero attached hydrogens (tertiary/aromatic N) is 3. The lowest BCUT2D eigenvalue weighted by molar-refractivity contribution is -0.124. The van der Waals surface area contributed by atoms with Crippen LogP contribution in [0.5, 0.6) is 11.5 Å². The number of anilines is 1. The average Bonchev–Trinajstić information content (AvgIpc) is 2.72. The van der Waals surface area contributed by atoms with Crippen molar-refractivity contribution in [2.75, 3.05) is 32.2 Å². The molecule has 0 radical (unpaired) electrons. The molecule has 0 unspecified atom stereocenters. The molecule has 3 rings (SSSR count). The Kier molecular flexibility index (Phi) is 9.87. The van der Waals surface area contributed by atoms with Crippen LogP contribution in [-0.4, -0.2) is 55.3 Å². The maximum atomic E-state index is 12.2. The van der Waals surface area contributed by atoms with Crippen molar-refractivity contribution in [3.63, 3.8) is 0 Å². The Balaban J connectivity index is 0.00000225. The van der Waals surface area contributed by atoms with Crippen molar-refractivity contribution in [3.05, 3.63) is 18.5 Å². The predicted octanol–water partition coefficient (Wildman–Crippen LogP) is 2.56. The van der Waals surface area contributed by atoms with E-state index in [-0.39, 0.29) is 42.7 Å². The van der Waals surface area contributed by atoms with Gasteiger partial charge in [-0.05, 0) is 24.8 Å². The van der Waals surface area contributed by atoms with Crippen LogP contribution in [0.2, 0.25) is 0 Å². The summed E-state index contributed by atoms with van der Waals surface area (Å²) in [6.45, 7) is 5.50. The molecule has 0 saturated carbocycles. The Morgan fingerprint density at radius 2 is 1.73 bits per heavy atom. The van der Waals surface area contributed by atoms with Crippen molar-refractivity contribution in [1.82, 2.24) is 15.3 Å². The van der Waals surface area contributed by atoms with Crippen LogP contribution in [0.3, 0.4) is 0 Å². The summed E-state index contributed by atoms with van der Waals surface area (Å²) in [4.78, 5) is 23.3. The fraction of sp³-hybridized carbons (Fsp3) is 0.550. The summed E-state index contributed by atoms with van der Waals surface area (Å²) in [6, 6.07) is 3.45. The predicted molar refractivity (Wildman–Crippen MR) is 123 cm³/mol. The minimum atomic E-state index is -0.466. The summed E-state index contributed by atoms with van der Waals surface area (Å²) in [6.07, 6.45) is 3.25. The minimum absolute atomic E-state index is 0. The highest BCUT2D eigenvalue weighted by Crippen LogP contribution is 2.35. The molecule has 0 aliphatic carbocycles. The van der Waals surface area contributed by atoms with Crippen molar-refractivity contribution in [2.45, 2.75) is 38.8 Å². The van der Waals surface area contributed by atoms with Gasteiger partial charge in [0.25, 0.3) is 0 Å². The Morgan fingerprint density at radius 1 is 1.13 bits per heavy atom. The van der Waals surface area contributed by atoms with E-state index in [9.17, 15) is 4.79 Å². The summed E-state index contributed by atoms with van der Waals surface area (Å²) >= 11 is 0. The number of piperidine rings is 1. The largest absolute Gasteiger partial charge is 0.493 e. The van der Waals surface area contributed by atoms with Gasteiger partial charge in [0.15, 0.2) is 11.5 Å². The molecule has 1 atom stereocenters. The fourth-order valence-electron chi connectivity index (χ4n) is 3.46. The van der Waals surface area contributed by atoms with E-state index in [0.717, 1.165) is 42.7 Å². The van der Waals surface area contributed by atoms with E-state index >= 15 is 0 Å². The van der Waals surface area contributed by atoms with Gasteiger partial charge in [0, 0.05) is 30.6 Å². The van der Waals surface area contributed by atoms with E-state index in [4.69, 9.17) is 15.2 Å². The van der Waals surface area contributed by atoms with E-state index < -0.39 is 6.04 Å². The summed E-state index contributed by atoms with van der Waals surface area (Å²) in [5.74, 6) is 2.21. The molecular formula is C20H31Cl2N5O3. The van der Waals surface area contributed by atoms with Crippen LogP contribution < -0.4 is 25.4 Å². The van der Waals surface area contributed by atoms with Gasteiger partial charge >= 0.3 is 0 Å². The second-order valence-corrected chi connectivity index (χ2v) is 7.46. The van der Waals surface area contributed by atoms with Gasteiger partial charge < -0.3 is 25.4 Å². The van der Waals surface area contributed by atoms with Crippen molar-refractivity contribution in [2.24, 2.45) is 11.7 Å². The minimum Gasteiger partial charge on any atom is -0.493 e. The number of nitrogens with one attached hydrogen (secondary N) is 1. The molecule has 0 bridgehead atoms. The number of hydrogen-bond acceptors (Lipinski definition) is 7. The highest BCUT2D eigenvalue weighted by Gasteiger charge is 2.26. The average molecular weight is 460 g/mol. The summed E-state index contributed by atoms with van der Waals surface area (Å²) in [5, 5.41) is 4.00. The third-order valence-electron chi connectivity index (χ3n) is 5.28. The van der Waals surface area contributed by atoms with Crippen molar-refractivity contribution in [3.8, 4) is 11.5 Å². The van der Waals surface area contributed by atoms with E-state index in [2.05, 4.69) is 20.2 Å². The van der Waals surface area contributed by atoms with Crippen LogP contribution in [0.15, 0.2) is 18.5 Å². The van der Waals surface area contributed by atoms with Gasteiger partial charge in [0.2, 0.25) is 5.91 Å². The topological polar surface area (TPSA) is 103 Å². The molecule has 1 aromatic heterocycles. The number of benzene rings is 1. The Morgan fingerprint density at radius 3 is 2.30 bits per heavy atom. The van der Waals surface area contributed by atoms with Crippen molar-refractivity contribution < 1.29 is 14.3 Å².